The summed E-state index contributed by atoms with van der Waals surface area (Å²) in [5.41, 5.74) is 5.78. The van der Waals surface area contributed by atoms with Crippen molar-refractivity contribution in [2.24, 2.45) is 0 Å². The van der Waals surface area contributed by atoms with Crippen LogP contribution in [0, 0.1) is 0 Å². The average Bonchev–Trinajstić information content (AvgIpc) is 3.61. The van der Waals surface area contributed by atoms with Crippen LogP contribution in [0.4, 0.5) is 0 Å². The van der Waals surface area contributed by atoms with Crippen LogP contribution < -0.4 is 0 Å². The fraction of sp³-hybridized carbons (Fsp3) is 0.0323. The minimum Gasteiger partial charge on any atom is -0.323 e. The maximum Gasteiger partial charge on any atom is 0.0528 e. The van der Waals surface area contributed by atoms with Gasteiger partial charge in [0.25, 0.3) is 0 Å². The molecule has 3 heterocycles. The fourth-order valence-corrected chi connectivity index (χ4v) is 4.65. The fourth-order valence-electron chi connectivity index (χ4n) is 4.65. The van der Waals surface area contributed by atoms with Crippen molar-refractivity contribution < 1.29 is 0 Å². The molecule has 6 rings (SSSR count). The molecule has 0 amide bonds. The Balaban J connectivity index is 1.51. The van der Waals surface area contributed by atoms with Crippen molar-refractivity contribution in [2.75, 3.05) is 0 Å². The molecule has 3 aromatic heterocycles. The van der Waals surface area contributed by atoms with E-state index in [2.05, 4.69) is 155 Å². The van der Waals surface area contributed by atoms with Crippen LogP contribution in [-0.4, -0.2) is 13.7 Å². The van der Waals surface area contributed by atoms with Crippen LogP contribution in [0.15, 0.2) is 128 Å². The van der Waals surface area contributed by atoms with Gasteiger partial charge in [-0.1, -0.05) is 60.7 Å². The number of para-hydroxylation sites is 3. The summed E-state index contributed by atoms with van der Waals surface area (Å²) in [6.07, 6.45) is 15.2. The third-order valence-corrected chi connectivity index (χ3v) is 6.38. The van der Waals surface area contributed by atoms with E-state index in [1.165, 1.54) is 32.7 Å². The summed E-state index contributed by atoms with van der Waals surface area (Å²) < 4.78 is 6.68. The summed E-state index contributed by atoms with van der Waals surface area (Å²) in [5, 5.41) is 3.69. The number of hydrogen-bond donors (Lipinski definition) is 0. The number of hydrogen-bond acceptors (Lipinski definition) is 0. The molecule has 3 heteroatoms. The molecule has 6 aromatic rings. The van der Waals surface area contributed by atoms with Gasteiger partial charge in [-0.15, -0.1) is 0 Å². The standard InChI is InChI=1S/C31H25N3/c1-2-27(33-21-16-25-10-4-7-13-30(25)33)23-28(34-22-17-26-11-5-8-14-31(26)34)18-20-32-19-15-24-9-3-6-12-29(24)32/h2-23H,1H3/b20-18+,27-2+,28-23+. The normalized spacial score (nSPS) is 13.1. The Morgan fingerprint density at radius 3 is 1.68 bits per heavy atom. The maximum absolute atomic E-state index is 2.26. The smallest absolute Gasteiger partial charge is 0.0528 e. The Labute approximate surface area is 198 Å². The van der Waals surface area contributed by atoms with E-state index in [1.807, 2.05) is 0 Å². The third-order valence-electron chi connectivity index (χ3n) is 6.38. The van der Waals surface area contributed by atoms with Gasteiger partial charge in [0.15, 0.2) is 0 Å². The van der Waals surface area contributed by atoms with E-state index in [0.717, 1.165) is 11.4 Å². The molecule has 0 atom stereocenters. The molecule has 0 aliphatic heterocycles. The second-order valence-corrected chi connectivity index (χ2v) is 8.37. The van der Waals surface area contributed by atoms with Gasteiger partial charge in [0.05, 0.1) is 16.6 Å². The minimum atomic E-state index is 1.09. The molecule has 0 unspecified atom stereocenters. The highest BCUT2D eigenvalue weighted by molar-refractivity contribution is 5.90. The molecule has 3 nitrogen and oxygen atoms in total. The lowest BCUT2D eigenvalue weighted by atomic mass is 10.2. The van der Waals surface area contributed by atoms with Crippen molar-refractivity contribution in [3.63, 3.8) is 0 Å². The van der Waals surface area contributed by atoms with Crippen LogP contribution >= 0.6 is 0 Å². The van der Waals surface area contributed by atoms with E-state index in [0.29, 0.717) is 0 Å². The minimum absolute atomic E-state index is 1.09. The molecule has 164 valence electrons. The Morgan fingerprint density at radius 1 is 0.559 bits per heavy atom. The van der Waals surface area contributed by atoms with Crippen molar-refractivity contribution in [3.8, 4) is 0 Å². The van der Waals surface area contributed by atoms with Crippen molar-refractivity contribution in [1.29, 1.82) is 0 Å². The van der Waals surface area contributed by atoms with Crippen LogP contribution in [0.25, 0.3) is 50.3 Å². The molecule has 3 aromatic carbocycles. The van der Waals surface area contributed by atoms with Gasteiger partial charge in [-0.25, -0.2) is 0 Å². The highest BCUT2D eigenvalue weighted by Crippen LogP contribution is 2.26. The highest BCUT2D eigenvalue weighted by atomic mass is 15.0. The lowest BCUT2D eigenvalue weighted by molar-refractivity contribution is 1.14. The first-order valence-electron chi connectivity index (χ1n) is 11.6. The molecule has 0 aliphatic carbocycles. The lowest BCUT2D eigenvalue weighted by Gasteiger charge is -2.12. The molecule has 0 fully saturated rings. The number of aromatic nitrogens is 3. The molecule has 34 heavy (non-hydrogen) atoms. The monoisotopic (exact) mass is 439 g/mol. The average molecular weight is 440 g/mol. The second kappa shape index (κ2) is 8.45. The van der Waals surface area contributed by atoms with Gasteiger partial charge in [-0.3, -0.25) is 0 Å². The van der Waals surface area contributed by atoms with E-state index in [9.17, 15) is 0 Å². The van der Waals surface area contributed by atoms with E-state index in [-0.39, 0.29) is 0 Å². The first-order chi connectivity index (χ1) is 16.8. The predicted octanol–water partition coefficient (Wildman–Crippen LogP) is 8.12. The predicted molar refractivity (Wildman–Crippen MR) is 145 cm³/mol. The zero-order chi connectivity index (χ0) is 22.9. The number of allylic oxidation sites excluding steroid dienone is 5. The van der Waals surface area contributed by atoms with Crippen LogP contribution in [0.3, 0.4) is 0 Å². The molecule has 0 saturated carbocycles. The van der Waals surface area contributed by atoms with Crippen LogP contribution in [0.1, 0.15) is 6.92 Å². The zero-order valence-electron chi connectivity index (χ0n) is 19.0. The Bertz CT molecular complexity index is 1720. The van der Waals surface area contributed by atoms with Gasteiger partial charge in [-0.05, 0) is 71.6 Å². The van der Waals surface area contributed by atoms with Crippen LogP contribution in [0.5, 0.6) is 0 Å². The van der Waals surface area contributed by atoms with Gasteiger partial charge in [-0.2, -0.15) is 0 Å². The summed E-state index contributed by atoms with van der Waals surface area (Å²) in [6.45, 7) is 2.09. The maximum atomic E-state index is 2.26. The number of nitrogens with zero attached hydrogens (tertiary/aromatic N) is 3. The van der Waals surface area contributed by atoms with Gasteiger partial charge >= 0.3 is 0 Å². The van der Waals surface area contributed by atoms with Crippen molar-refractivity contribution in [1.82, 2.24) is 13.7 Å². The zero-order valence-corrected chi connectivity index (χ0v) is 19.0. The SMILES string of the molecule is C\C=C(/C=C(\C=C\n1ccc2ccccc21)n1ccc2ccccc21)n1ccc2ccccc21. The van der Waals surface area contributed by atoms with E-state index < -0.39 is 0 Å². The molecular formula is C31H25N3. The summed E-state index contributed by atoms with van der Waals surface area (Å²) >= 11 is 0. The lowest BCUT2D eigenvalue weighted by Crippen LogP contribution is -1.98. The van der Waals surface area contributed by atoms with Gasteiger partial charge in [0.1, 0.15) is 0 Å². The molecule has 0 spiro atoms. The topological polar surface area (TPSA) is 14.8 Å². The molecule has 0 N–H and O–H groups in total. The van der Waals surface area contributed by atoms with E-state index >= 15 is 0 Å². The summed E-state index contributed by atoms with van der Waals surface area (Å²) in [6, 6.07) is 31.9. The Hall–Kier alpha value is -4.50. The quantitative estimate of drug-likeness (QED) is 0.241. The van der Waals surface area contributed by atoms with Crippen molar-refractivity contribution in [3.05, 3.63) is 128 Å². The Morgan fingerprint density at radius 2 is 1.06 bits per heavy atom. The first-order valence-corrected chi connectivity index (χ1v) is 11.6. The molecule has 0 aliphatic rings. The van der Waals surface area contributed by atoms with Crippen molar-refractivity contribution >= 4 is 50.3 Å². The van der Waals surface area contributed by atoms with Gasteiger partial charge in [0, 0.05) is 36.2 Å². The second-order valence-electron chi connectivity index (χ2n) is 8.37. The largest absolute Gasteiger partial charge is 0.323 e. The molecule has 0 bridgehead atoms. The van der Waals surface area contributed by atoms with Crippen molar-refractivity contribution in [2.45, 2.75) is 6.92 Å². The number of fused-ring (bicyclic) bond motifs is 3. The number of rotatable bonds is 5. The van der Waals surface area contributed by atoms with Gasteiger partial charge in [0.2, 0.25) is 0 Å². The van der Waals surface area contributed by atoms with Crippen LogP contribution in [-0.2, 0) is 0 Å². The van der Waals surface area contributed by atoms with E-state index in [1.54, 1.807) is 0 Å². The molecular weight excluding hydrogens is 414 g/mol. The van der Waals surface area contributed by atoms with Crippen LogP contribution in [0.2, 0.25) is 0 Å². The molecule has 0 radical (unpaired) electrons. The van der Waals surface area contributed by atoms with Gasteiger partial charge < -0.3 is 13.7 Å². The number of benzene rings is 3. The first kappa shape index (κ1) is 20.1. The third kappa shape index (κ3) is 3.48. The molecule has 0 saturated heterocycles. The summed E-state index contributed by atoms with van der Waals surface area (Å²) in [7, 11) is 0. The summed E-state index contributed by atoms with van der Waals surface area (Å²) in [4.78, 5) is 0. The highest BCUT2D eigenvalue weighted by Gasteiger charge is 2.08. The summed E-state index contributed by atoms with van der Waals surface area (Å²) in [5.74, 6) is 0. The van der Waals surface area contributed by atoms with E-state index in [4.69, 9.17) is 0 Å². The Kier molecular flexibility index (Phi) is 5.00.